The smallest absolute Gasteiger partial charge is 0.271 e. The predicted molar refractivity (Wildman–Crippen MR) is 82.6 cm³/mol. The zero-order valence-corrected chi connectivity index (χ0v) is 12.9. The van der Waals surface area contributed by atoms with Crippen LogP contribution < -0.4 is 11.1 Å². The topological polar surface area (TPSA) is 93.8 Å². The summed E-state index contributed by atoms with van der Waals surface area (Å²) in [7, 11) is 0. The second-order valence-electron chi connectivity index (χ2n) is 3.51. The Bertz CT molecular complexity index is 523. The number of carbonyl (C=O) groups is 1. The van der Waals surface area contributed by atoms with Crippen LogP contribution in [0.5, 0.6) is 0 Å². The molecule has 0 unspecified atom stereocenters. The number of amides is 1. The summed E-state index contributed by atoms with van der Waals surface area (Å²) in [6, 6.07) is 1.73. The van der Waals surface area contributed by atoms with Crippen molar-refractivity contribution in [2.45, 2.75) is 13.0 Å². The molecule has 1 amide bonds. The van der Waals surface area contributed by atoms with Gasteiger partial charge in [-0.25, -0.2) is 15.0 Å². The van der Waals surface area contributed by atoms with Crippen molar-refractivity contribution < 1.29 is 4.79 Å². The molecule has 0 aliphatic heterocycles. The molecule has 2 aromatic heterocycles. The molecule has 110 valence electrons. The van der Waals surface area contributed by atoms with Crippen LogP contribution in [0.1, 0.15) is 21.3 Å². The van der Waals surface area contributed by atoms with E-state index in [4.69, 9.17) is 5.73 Å². The van der Waals surface area contributed by atoms with Crippen LogP contribution in [0.3, 0.4) is 0 Å². The average molecular weight is 336 g/mol. The van der Waals surface area contributed by atoms with Crippen molar-refractivity contribution >= 4 is 42.1 Å². The van der Waals surface area contributed by atoms with Gasteiger partial charge in [0.25, 0.3) is 5.91 Å². The molecule has 0 aliphatic rings. The molecule has 0 bridgehead atoms. The summed E-state index contributed by atoms with van der Waals surface area (Å²) >= 11 is 1.44. The number of thiazole rings is 1. The van der Waals surface area contributed by atoms with Crippen molar-refractivity contribution in [1.82, 2.24) is 20.3 Å². The number of rotatable bonds is 5. The summed E-state index contributed by atoms with van der Waals surface area (Å²) in [6.07, 6.45) is 3.97. The summed E-state index contributed by atoms with van der Waals surface area (Å²) in [5, 5.41) is 5.32. The summed E-state index contributed by atoms with van der Waals surface area (Å²) < 4.78 is 0. The maximum atomic E-state index is 11.8. The fraction of sp³-hybridized carbons (Fsp3) is 0.273. The molecule has 0 saturated carbocycles. The third-order valence-electron chi connectivity index (χ3n) is 2.17. The Kier molecular flexibility index (Phi) is 8.98. The van der Waals surface area contributed by atoms with Crippen molar-refractivity contribution in [2.24, 2.45) is 5.73 Å². The minimum atomic E-state index is -0.220. The summed E-state index contributed by atoms with van der Waals surface area (Å²) in [5.74, 6) is 0.352. The van der Waals surface area contributed by atoms with E-state index in [0.29, 0.717) is 31.0 Å². The first kappa shape index (κ1) is 18.7. The number of nitrogens with one attached hydrogen (secondary N) is 1. The fourth-order valence-corrected chi connectivity index (χ4v) is 2.12. The Morgan fingerprint density at radius 2 is 2.00 bits per heavy atom. The summed E-state index contributed by atoms with van der Waals surface area (Å²) in [6.45, 7) is 0.829. The minimum absolute atomic E-state index is 0. The molecule has 20 heavy (non-hydrogen) atoms. The van der Waals surface area contributed by atoms with Crippen LogP contribution >= 0.6 is 36.2 Å². The first-order valence-corrected chi connectivity index (χ1v) is 6.36. The van der Waals surface area contributed by atoms with Gasteiger partial charge < -0.3 is 11.1 Å². The zero-order chi connectivity index (χ0) is 12.8. The van der Waals surface area contributed by atoms with Gasteiger partial charge in [0.15, 0.2) is 0 Å². The van der Waals surface area contributed by atoms with Gasteiger partial charge in [-0.05, 0) is 12.6 Å². The first-order chi connectivity index (χ1) is 8.79. The highest BCUT2D eigenvalue weighted by molar-refractivity contribution is 7.09. The molecule has 0 atom stereocenters. The van der Waals surface area contributed by atoms with Crippen molar-refractivity contribution in [1.29, 1.82) is 0 Å². The SMILES string of the molecule is Cl.Cl.NCCc1nc(C(=O)NCc2ncccn2)cs1. The molecule has 2 aromatic rings. The maximum absolute atomic E-state index is 11.8. The molecule has 3 N–H and O–H groups in total. The molecule has 0 aliphatic carbocycles. The number of aromatic nitrogens is 3. The number of nitrogens with zero attached hydrogens (tertiary/aromatic N) is 3. The van der Waals surface area contributed by atoms with Gasteiger partial charge >= 0.3 is 0 Å². The van der Waals surface area contributed by atoms with E-state index in [1.54, 1.807) is 23.8 Å². The maximum Gasteiger partial charge on any atom is 0.271 e. The minimum Gasteiger partial charge on any atom is -0.343 e. The highest BCUT2D eigenvalue weighted by atomic mass is 35.5. The van der Waals surface area contributed by atoms with Gasteiger partial charge in [0.2, 0.25) is 0 Å². The Morgan fingerprint density at radius 3 is 2.65 bits per heavy atom. The fourth-order valence-electron chi connectivity index (χ4n) is 1.32. The quantitative estimate of drug-likeness (QED) is 0.856. The van der Waals surface area contributed by atoms with Gasteiger partial charge in [0.1, 0.15) is 11.5 Å². The molecule has 9 heteroatoms. The van der Waals surface area contributed by atoms with Crippen molar-refractivity contribution in [3.8, 4) is 0 Å². The van der Waals surface area contributed by atoms with Crippen LogP contribution in [0, 0.1) is 0 Å². The Hall–Kier alpha value is -1.28. The van der Waals surface area contributed by atoms with Gasteiger partial charge in [-0.3, -0.25) is 4.79 Å². The van der Waals surface area contributed by atoms with Gasteiger partial charge in [-0.2, -0.15) is 0 Å². The zero-order valence-electron chi connectivity index (χ0n) is 10.5. The first-order valence-electron chi connectivity index (χ1n) is 5.48. The van der Waals surface area contributed by atoms with Crippen LogP contribution in [0.4, 0.5) is 0 Å². The standard InChI is InChI=1S/C11H13N5OS.2ClH/c12-3-2-10-16-8(7-18-10)11(17)15-6-9-13-4-1-5-14-9;;/h1,4-5,7H,2-3,6,12H2,(H,15,17);2*1H. The van der Waals surface area contributed by atoms with Gasteiger partial charge in [0, 0.05) is 24.2 Å². The molecule has 6 nitrogen and oxygen atoms in total. The lowest BCUT2D eigenvalue weighted by Gasteiger charge is -2.01. The second kappa shape index (κ2) is 9.60. The monoisotopic (exact) mass is 335 g/mol. The third-order valence-corrected chi connectivity index (χ3v) is 3.08. The highest BCUT2D eigenvalue weighted by Crippen LogP contribution is 2.09. The number of hydrogen-bond donors (Lipinski definition) is 2. The molecule has 2 rings (SSSR count). The lowest BCUT2D eigenvalue weighted by molar-refractivity contribution is 0.0945. The van der Waals surface area contributed by atoms with Crippen molar-refractivity contribution in [2.75, 3.05) is 6.54 Å². The van der Waals surface area contributed by atoms with E-state index in [1.165, 1.54) is 11.3 Å². The van der Waals surface area contributed by atoms with Gasteiger partial charge in [-0.15, -0.1) is 36.2 Å². The lowest BCUT2D eigenvalue weighted by Crippen LogP contribution is -2.24. The molecule has 0 spiro atoms. The number of carbonyl (C=O) groups excluding carboxylic acids is 1. The normalized spacial score (nSPS) is 9.25. The van der Waals surface area contributed by atoms with Crippen molar-refractivity contribution in [3.63, 3.8) is 0 Å². The average Bonchev–Trinajstić information content (AvgIpc) is 2.86. The molecule has 0 saturated heterocycles. The van der Waals surface area contributed by atoms with E-state index in [9.17, 15) is 4.79 Å². The summed E-state index contributed by atoms with van der Waals surface area (Å²) in [5.41, 5.74) is 5.85. The Labute approximate surface area is 133 Å². The van der Waals surface area contributed by atoms with Crippen molar-refractivity contribution in [3.05, 3.63) is 40.4 Å². The van der Waals surface area contributed by atoms with E-state index >= 15 is 0 Å². The van der Waals surface area contributed by atoms with Gasteiger partial charge in [-0.1, -0.05) is 0 Å². The number of hydrogen-bond acceptors (Lipinski definition) is 6. The van der Waals surface area contributed by atoms with Crippen LogP contribution in [0.15, 0.2) is 23.8 Å². The van der Waals surface area contributed by atoms with Gasteiger partial charge in [0.05, 0.1) is 11.6 Å². The largest absolute Gasteiger partial charge is 0.343 e. The van der Waals surface area contributed by atoms with Crippen LogP contribution in [-0.4, -0.2) is 27.4 Å². The van der Waals surface area contributed by atoms with Crippen LogP contribution in [0.2, 0.25) is 0 Å². The molecular formula is C11H15Cl2N5OS. The molecule has 0 radical (unpaired) electrons. The lowest BCUT2D eigenvalue weighted by atomic mass is 10.4. The van der Waals surface area contributed by atoms with E-state index in [0.717, 1.165) is 5.01 Å². The van der Waals surface area contributed by atoms with E-state index in [-0.39, 0.29) is 30.7 Å². The number of nitrogens with two attached hydrogens (primary N) is 1. The second-order valence-corrected chi connectivity index (χ2v) is 4.46. The highest BCUT2D eigenvalue weighted by Gasteiger charge is 2.10. The number of halogens is 2. The molecule has 0 aromatic carbocycles. The van der Waals surface area contributed by atoms with E-state index in [2.05, 4.69) is 20.3 Å². The third kappa shape index (κ3) is 5.38. The molecule has 2 heterocycles. The Balaban J connectivity index is 0.00000180. The molecule has 0 fully saturated rings. The van der Waals surface area contributed by atoms with Crippen LogP contribution in [-0.2, 0) is 13.0 Å². The van der Waals surface area contributed by atoms with Crippen LogP contribution in [0.25, 0.3) is 0 Å². The molecular weight excluding hydrogens is 321 g/mol. The van der Waals surface area contributed by atoms with E-state index in [1.807, 2.05) is 0 Å². The van der Waals surface area contributed by atoms with E-state index < -0.39 is 0 Å². The summed E-state index contributed by atoms with van der Waals surface area (Å²) in [4.78, 5) is 24.0. The predicted octanol–water partition coefficient (Wildman–Crippen LogP) is 1.21. The Morgan fingerprint density at radius 1 is 1.30 bits per heavy atom.